The van der Waals surface area contributed by atoms with Crippen molar-refractivity contribution in [3.63, 3.8) is 0 Å². The SMILES string of the molecule is CN1CCOC(c2nc3ccccc3s2)C1. The predicted molar refractivity (Wildman–Crippen MR) is 65.8 cm³/mol. The van der Waals surface area contributed by atoms with Gasteiger partial charge in [-0.25, -0.2) is 4.98 Å². The second-order valence-corrected chi connectivity index (χ2v) is 5.20. The fraction of sp³-hybridized carbons (Fsp3) is 0.417. The highest BCUT2D eigenvalue weighted by atomic mass is 32.1. The van der Waals surface area contributed by atoms with Crippen LogP contribution < -0.4 is 0 Å². The van der Waals surface area contributed by atoms with E-state index in [9.17, 15) is 0 Å². The predicted octanol–water partition coefficient (Wildman–Crippen LogP) is 2.30. The molecule has 84 valence electrons. The maximum absolute atomic E-state index is 5.77. The second-order valence-electron chi connectivity index (χ2n) is 4.14. The van der Waals surface area contributed by atoms with Crippen molar-refractivity contribution in [2.75, 3.05) is 26.7 Å². The van der Waals surface area contributed by atoms with Crippen LogP contribution in [0.5, 0.6) is 0 Å². The molecule has 2 heterocycles. The summed E-state index contributed by atoms with van der Waals surface area (Å²) in [7, 11) is 2.13. The topological polar surface area (TPSA) is 25.4 Å². The number of aromatic nitrogens is 1. The van der Waals surface area contributed by atoms with E-state index in [2.05, 4.69) is 35.1 Å². The van der Waals surface area contributed by atoms with E-state index in [-0.39, 0.29) is 6.10 Å². The Morgan fingerprint density at radius 3 is 3.12 bits per heavy atom. The highest BCUT2D eigenvalue weighted by molar-refractivity contribution is 7.18. The van der Waals surface area contributed by atoms with Gasteiger partial charge in [0.15, 0.2) is 0 Å². The molecule has 1 saturated heterocycles. The van der Waals surface area contributed by atoms with Crippen LogP contribution in [0.3, 0.4) is 0 Å². The van der Waals surface area contributed by atoms with Crippen LogP contribution in [0.25, 0.3) is 10.2 Å². The number of nitrogens with zero attached hydrogens (tertiary/aromatic N) is 2. The summed E-state index contributed by atoms with van der Waals surface area (Å²) in [5.74, 6) is 0. The lowest BCUT2D eigenvalue weighted by Crippen LogP contribution is -2.35. The summed E-state index contributed by atoms with van der Waals surface area (Å²) in [6.07, 6.45) is 0.149. The van der Waals surface area contributed by atoms with Crippen LogP contribution in [0.4, 0.5) is 0 Å². The Morgan fingerprint density at radius 2 is 2.31 bits per heavy atom. The smallest absolute Gasteiger partial charge is 0.124 e. The third kappa shape index (κ3) is 1.84. The molecule has 0 radical (unpaired) electrons. The minimum Gasteiger partial charge on any atom is -0.368 e. The van der Waals surface area contributed by atoms with Crippen LogP contribution in [0, 0.1) is 0 Å². The van der Waals surface area contributed by atoms with Gasteiger partial charge < -0.3 is 9.64 Å². The average molecular weight is 234 g/mol. The number of likely N-dealkylation sites (N-methyl/N-ethyl adjacent to an activating group) is 1. The van der Waals surface area contributed by atoms with Gasteiger partial charge in [-0.1, -0.05) is 12.1 Å². The maximum Gasteiger partial charge on any atom is 0.124 e. The van der Waals surface area contributed by atoms with Gasteiger partial charge in [-0.2, -0.15) is 0 Å². The van der Waals surface area contributed by atoms with Crippen LogP contribution in [0.15, 0.2) is 24.3 Å². The number of morpholine rings is 1. The number of rotatable bonds is 1. The first-order valence-corrected chi connectivity index (χ1v) is 6.30. The Labute approximate surface area is 98.7 Å². The number of benzene rings is 1. The van der Waals surface area contributed by atoms with Crippen LogP contribution >= 0.6 is 11.3 Å². The van der Waals surface area contributed by atoms with Crippen LogP contribution in [-0.4, -0.2) is 36.6 Å². The molecule has 1 aliphatic heterocycles. The standard InChI is InChI=1S/C12H14N2OS/c1-14-6-7-15-10(8-14)12-13-9-4-2-3-5-11(9)16-12/h2-5,10H,6-8H2,1H3. The van der Waals surface area contributed by atoms with Gasteiger partial charge >= 0.3 is 0 Å². The van der Waals surface area contributed by atoms with Crippen molar-refractivity contribution in [3.05, 3.63) is 29.3 Å². The zero-order valence-electron chi connectivity index (χ0n) is 9.22. The molecule has 1 unspecified atom stereocenters. The lowest BCUT2D eigenvalue weighted by molar-refractivity contribution is -0.0208. The van der Waals surface area contributed by atoms with Gasteiger partial charge in [-0.15, -0.1) is 11.3 Å². The summed E-state index contributed by atoms with van der Waals surface area (Å²) in [4.78, 5) is 6.93. The van der Waals surface area contributed by atoms with Crippen molar-refractivity contribution in [1.82, 2.24) is 9.88 Å². The first-order valence-electron chi connectivity index (χ1n) is 5.48. The van der Waals surface area contributed by atoms with E-state index in [0.29, 0.717) is 0 Å². The van der Waals surface area contributed by atoms with E-state index in [1.807, 2.05) is 6.07 Å². The van der Waals surface area contributed by atoms with Crippen molar-refractivity contribution >= 4 is 21.6 Å². The molecule has 3 rings (SSSR count). The summed E-state index contributed by atoms with van der Waals surface area (Å²) in [5, 5.41) is 1.10. The van der Waals surface area contributed by atoms with Gasteiger partial charge in [0.1, 0.15) is 11.1 Å². The third-order valence-corrected chi connectivity index (χ3v) is 3.98. The van der Waals surface area contributed by atoms with Crippen molar-refractivity contribution in [3.8, 4) is 0 Å². The molecular formula is C12H14N2OS. The summed E-state index contributed by atoms with van der Waals surface area (Å²) in [6, 6.07) is 8.25. The molecule has 1 aliphatic rings. The van der Waals surface area contributed by atoms with E-state index in [4.69, 9.17) is 4.74 Å². The van der Waals surface area contributed by atoms with Gasteiger partial charge in [0.05, 0.1) is 16.8 Å². The second kappa shape index (κ2) is 4.13. The molecule has 1 atom stereocenters. The first-order chi connectivity index (χ1) is 7.83. The van der Waals surface area contributed by atoms with Crippen LogP contribution in [0.1, 0.15) is 11.1 Å². The molecule has 0 spiro atoms. The van der Waals surface area contributed by atoms with Gasteiger partial charge in [-0.05, 0) is 19.2 Å². The van der Waals surface area contributed by atoms with Crippen molar-refractivity contribution < 1.29 is 4.74 Å². The molecule has 1 aromatic heterocycles. The summed E-state index contributed by atoms with van der Waals surface area (Å²) < 4.78 is 7.01. The quantitative estimate of drug-likeness (QED) is 0.757. The zero-order valence-corrected chi connectivity index (χ0v) is 10.0. The molecule has 16 heavy (non-hydrogen) atoms. The van der Waals surface area contributed by atoms with Crippen molar-refractivity contribution in [1.29, 1.82) is 0 Å². The van der Waals surface area contributed by atoms with Crippen molar-refractivity contribution in [2.24, 2.45) is 0 Å². The normalized spacial score (nSPS) is 22.7. The molecule has 0 bridgehead atoms. The third-order valence-electron chi connectivity index (χ3n) is 2.86. The minimum atomic E-state index is 0.149. The Morgan fingerprint density at radius 1 is 1.44 bits per heavy atom. The number of fused-ring (bicyclic) bond motifs is 1. The molecule has 2 aromatic rings. The molecule has 1 fully saturated rings. The largest absolute Gasteiger partial charge is 0.368 e. The molecule has 1 aromatic carbocycles. The van der Waals surface area contributed by atoms with Gasteiger partial charge in [0.2, 0.25) is 0 Å². The van der Waals surface area contributed by atoms with Crippen LogP contribution in [-0.2, 0) is 4.74 Å². The van der Waals surface area contributed by atoms with E-state index in [0.717, 1.165) is 30.2 Å². The van der Waals surface area contributed by atoms with E-state index < -0.39 is 0 Å². The first kappa shape index (κ1) is 10.2. The lowest BCUT2D eigenvalue weighted by Gasteiger charge is -2.28. The molecule has 0 N–H and O–H groups in total. The molecule has 0 saturated carbocycles. The molecular weight excluding hydrogens is 220 g/mol. The number of thiazole rings is 1. The Bertz CT molecular complexity index is 463. The number of ether oxygens (including phenoxy) is 1. The molecule has 3 nitrogen and oxygen atoms in total. The highest BCUT2D eigenvalue weighted by Gasteiger charge is 2.22. The van der Waals surface area contributed by atoms with Gasteiger partial charge in [0, 0.05) is 13.1 Å². The fourth-order valence-corrected chi connectivity index (χ4v) is 2.96. The van der Waals surface area contributed by atoms with Gasteiger partial charge in [-0.3, -0.25) is 0 Å². The number of hydrogen-bond donors (Lipinski definition) is 0. The van der Waals surface area contributed by atoms with Gasteiger partial charge in [0.25, 0.3) is 0 Å². The highest BCUT2D eigenvalue weighted by Crippen LogP contribution is 2.29. The monoisotopic (exact) mass is 234 g/mol. The average Bonchev–Trinajstić information content (AvgIpc) is 2.72. The Hall–Kier alpha value is -0.970. The number of hydrogen-bond acceptors (Lipinski definition) is 4. The summed E-state index contributed by atoms with van der Waals surface area (Å²) in [6.45, 7) is 2.76. The van der Waals surface area contributed by atoms with E-state index in [1.165, 1.54) is 4.70 Å². The van der Waals surface area contributed by atoms with E-state index in [1.54, 1.807) is 11.3 Å². The van der Waals surface area contributed by atoms with Crippen molar-refractivity contribution in [2.45, 2.75) is 6.10 Å². The molecule has 0 aliphatic carbocycles. The van der Waals surface area contributed by atoms with Crippen LogP contribution in [0.2, 0.25) is 0 Å². The molecule has 4 heteroatoms. The zero-order chi connectivity index (χ0) is 11.0. The lowest BCUT2D eigenvalue weighted by atomic mass is 10.3. The summed E-state index contributed by atoms with van der Waals surface area (Å²) >= 11 is 1.74. The minimum absolute atomic E-state index is 0.149. The molecule has 0 amide bonds. The Kier molecular flexibility index (Phi) is 2.63. The fourth-order valence-electron chi connectivity index (χ4n) is 1.96. The summed E-state index contributed by atoms with van der Waals surface area (Å²) in [5.41, 5.74) is 1.08. The Balaban J connectivity index is 1.93. The maximum atomic E-state index is 5.77. The van der Waals surface area contributed by atoms with E-state index >= 15 is 0 Å². The number of para-hydroxylation sites is 1.